The molecule has 3 N–H and O–H groups in total. The molecule has 11 heteroatoms. The van der Waals surface area contributed by atoms with Gasteiger partial charge in [0.1, 0.15) is 27.5 Å². The van der Waals surface area contributed by atoms with Gasteiger partial charge in [0.25, 0.3) is 5.89 Å². The molecule has 0 amide bonds. The molecular weight excluding hydrogens is 458 g/mol. The summed E-state index contributed by atoms with van der Waals surface area (Å²) in [6, 6.07) is 12.3. The standard InChI is InChI=1S/C23H23N5O5S/c1-13(2)32-20-9-6-14(10-15(20)11-24)23-26-22(27-33-23)18-5-3-4-17-16(18)7-8-19(17)28-34(25,31)12-21(29)30/h3-6,9-10,13,19H,7-8,12H2,1-2H3,(H,29,30)(H2,25,28,31)/t19-,34?/m0/s1. The van der Waals surface area contributed by atoms with Gasteiger partial charge in [0.2, 0.25) is 5.82 Å². The normalized spacial score (nSPS) is 16.6. The molecule has 0 fully saturated rings. The van der Waals surface area contributed by atoms with Gasteiger partial charge in [-0.05, 0) is 56.0 Å². The molecule has 3 aromatic rings. The van der Waals surface area contributed by atoms with Crippen LogP contribution < -0.4 is 9.46 Å². The van der Waals surface area contributed by atoms with Gasteiger partial charge in [-0.25, -0.2) is 13.7 Å². The molecule has 34 heavy (non-hydrogen) atoms. The number of carbonyl (C=O) groups is 1. The number of carboxylic acids is 1. The lowest BCUT2D eigenvalue weighted by atomic mass is 10.0. The van der Waals surface area contributed by atoms with Crippen molar-refractivity contribution < 1.29 is 23.4 Å². The van der Waals surface area contributed by atoms with Gasteiger partial charge in [-0.2, -0.15) is 10.2 Å². The molecule has 2 atom stereocenters. The lowest BCUT2D eigenvalue weighted by Gasteiger charge is -2.15. The fraction of sp³-hybridized carbons (Fsp3) is 0.304. The van der Waals surface area contributed by atoms with Crippen LogP contribution in [0.4, 0.5) is 0 Å². The van der Waals surface area contributed by atoms with E-state index in [1.165, 1.54) is 0 Å². The SMILES string of the molecule is CC(C)Oc1ccc(-c2nc(-c3cccc4c3CC[C@@H]4NS(=N)(=O)CC(=O)O)no2)cc1C#N. The molecule has 4 rings (SSSR count). The Kier molecular flexibility index (Phi) is 6.37. The van der Waals surface area contributed by atoms with Gasteiger partial charge < -0.3 is 14.4 Å². The topological polar surface area (TPSA) is 162 Å². The van der Waals surface area contributed by atoms with Gasteiger partial charge in [-0.1, -0.05) is 23.4 Å². The molecule has 0 radical (unpaired) electrons. The van der Waals surface area contributed by atoms with Crippen LogP contribution in [0.5, 0.6) is 5.75 Å². The van der Waals surface area contributed by atoms with E-state index < -0.39 is 27.7 Å². The van der Waals surface area contributed by atoms with E-state index >= 15 is 0 Å². The summed E-state index contributed by atoms with van der Waals surface area (Å²) in [5.41, 5.74) is 3.45. The molecular formula is C23H23N5O5S. The predicted molar refractivity (Wildman–Crippen MR) is 123 cm³/mol. The highest BCUT2D eigenvalue weighted by Crippen LogP contribution is 2.38. The molecule has 0 bridgehead atoms. The van der Waals surface area contributed by atoms with Crippen LogP contribution in [-0.4, -0.2) is 37.3 Å². The van der Waals surface area contributed by atoms with E-state index in [-0.39, 0.29) is 12.0 Å². The van der Waals surface area contributed by atoms with Crippen LogP contribution in [0.1, 0.15) is 43.0 Å². The van der Waals surface area contributed by atoms with Crippen molar-refractivity contribution in [1.29, 1.82) is 10.0 Å². The first-order valence-electron chi connectivity index (χ1n) is 10.6. The minimum atomic E-state index is -3.47. The average molecular weight is 482 g/mol. The Labute approximate surface area is 196 Å². The first-order chi connectivity index (χ1) is 16.2. The smallest absolute Gasteiger partial charge is 0.318 e. The Morgan fingerprint density at radius 3 is 2.91 bits per heavy atom. The maximum Gasteiger partial charge on any atom is 0.318 e. The van der Waals surface area contributed by atoms with Gasteiger partial charge in [0.05, 0.1) is 11.7 Å². The van der Waals surface area contributed by atoms with Crippen LogP contribution >= 0.6 is 0 Å². The summed E-state index contributed by atoms with van der Waals surface area (Å²) in [6.45, 7) is 3.76. The van der Waals surface area contributed by atoms with Crippen molar-refractivity contribution in [2.24, 2.45) is 0 Å². The number of nitrogens with zero attached hydrogens (tertiary/aromatic N) is 3. The molecule has 0 spiro atoms. The molecule has 1 aliphatic carbocycles. The largest absolute Gasteiger partial charge is 0.490 e. The van der Waals surface area contributed by atoms with Crippen molar-refractivity contribution in [1.82, 2.24) is 14.9 Å². The van der Waals surface area contributed by atoms with E-state index in [2.05, 4.69) is 20.9 Å². The van der Waals surface area contributed by atoms with E-state index in [1.54, 1.807) is 24.3 Å². The third-order valence-corrected chi connectivity index (χ3v) is 6.63. The van der Waals surface area contributed by atoms with Gasteiger partial charge in [0, 0.05) is 17.2 Å². The Bertz CT molecular complexity index is 1390. The Balaban J connectivity index is 1.62. The monoisotopic (exact) mass is 481 g/mol. The van der Waals surface area contributed by atoms with E-state index in [0.29, 0.717) is 35.5 Å². The number of nitriles is 1. The summed E-state index contributed by atoms with van der Waals surface area (Å²) in [7, 11) is -3.47. The van der Waals surface area contributed by atoms with Crippen molar-refractivity contribution in [2.75, 3.05) is 5.75 Å². The Hall–Kier alpha value is -3.75. The fourth-order valence-electron chi connectivity index (χ4n) is 3.99. The number of aliphatic carboxylic acids is 1. The number of carboxylic acid groups (broad SMARTS) is 1. The second-order valence-electron chi connectivity index (χ2n) is 8.21. The highest BCUT2D eigenvalue weighted by atomic mass is 32.2. The number of benzene rings is 2. The van der Waals surface area contributed by atoms with Crippen LogP contribution in [0.2, 0.25) is 0 Å². The van der Waals surface area contributed by atoms with Crippen LogP contribution in [0.25, 0.3) is 22.8 Å². The van der Waals surface area contributed by atoms with E-state index in [0.717, 1.165) is 16.7 Å². The lowest BCUT2D eigenvalue weighted by molar-refractivity contribution is -0.134. The molecule has 2 aromatic carbocycles. The third kappa shape index (κ3) is 4.93. The highest BCUT2D eigenvalue weighted by Gasteiger charge is 2.29. The minimum Gasteiger partial charge on any atom is -0.490 e. The first-order valence-corrected chi connectivity index (χ1v) is 12.3. The predicted octanol–water partition coefficient (Wildman–Crippen LogP) is 3.69. The second-order valence-corrected chi connectivity index (χ2v) is 10.1. The van der Waals surface area contributed by atoms with Crippen LogP contribution in [-0.2, 0) is 21.1 Å². The van der Waals surface area contributed by atoms with E-state index in [1.807, 2.05) is 26.0 Å². The maximum absolute atomic E-state index is 12.3. The van der Waals surface area contributed by atoms with Crippen LogP contribution in [0.15, 0.2) is 40.9 Å². The molecule has 1 aliphatic rings. The summed E-state index contributed by atoms with van der Waals surface area (Å²) in [6.07, 6.45) is 1.11. The Morgan fingerprint density at radius 2 is 2.21 bits per heavy atom. The highest BCUT2D eigenvalue weighted by molar-refractivity contribution is 7.91. The zero-order valence-electron chi connectivity index (χ0n) is 18.6. The Morgan fingerprint density at radius 1 is 1.41 bits per heavy atom. The van der Waals surface area contributed by atoms with E-state index in [9.17, 15) is 14.3 Å². The zero-order valence-corrected chi connectivity index (χ0v) is 19.4. The van der Waals surface area contributed by atoms with Gasteiger partial charge in [0.15, 0.2) is 0 Å². The first kappa shape index (κ1) is 23.4. The number of nitrogens with one attached hydrogen (secondary N) is 2. The van der Waals surface area contributed by atoms with E-state index in [4.69, 9.17) is 19.1 Å². The molecule has 0 saturated carbocycles. The second kappa shape index (κ2) is 9.24. The average Bonchev–Trinajstić information content (AvgIpc) is 3.40. The minimum absolute atomic E-state index is 0.0704. The molecule has 176 valence electrons. The van der Waals surface area contributed by atoms with Crippen LogP contribution in [0.3, 0.4) is 0 Å². The zero-order chi connectivity index (χ0) is 24.5. The van der Waals surface area contributed by atoms with Crippen molar-refractivity contribution in [3.8, 4) is 34.7 Å². The quantitative estimate of drug-likeness (QED) is 0.439. The number of fused-ring (bicyclic) bond motifs is 1. The number of hydrogen-bond donors (Lipinski definition) is 3. The van der Waals surface area contributed by atoms with Crippen molar-refractivity contribution >= 4 is 15.9 Å². The molecule has 1 unspecified atom stereocenters. The summed E-state index contributed by atoms with van der Waals surface area (Å²) >= 11 is 0. The number of aromatic nitrogens is 2. The summed E-state index contributed by atoms with van der Waals surface area (Å²) in [5.74, 6) is -0.955. The van der Waals surface area contributed by atoms with Crippen molar-refractivity contribution in [3.63, 3.8) is 0 Å². The number of rotatable bonds is 8. The van der Waals surface area contributed by atoms with Gasteiger partial charge in [-0.15, -0.1) is 0 Å². The summed E-state index contributed by atoms with van der Waals surface area (Å²) in [4.78, 5) is 15.4. The van der Waals surface area contributed by atoms with Gasteiger partial charge >= 0.3 is 5.97 Å². The van der Waals surface area contributed by atoms with Gasteiger partial charge in [-0.3, -0.25) is 4.79 Å². The number of hydrogen-bond acceptors (Lipinski definition) is 8. The lowest BCUT2D eigenvalue weighted by Crippen LogP contribution is -2.31. The van der Waals surface area contributed by atoms with Crippen LogP contribution in [0, 0.1) is 16.1 Å². The third-order valence-electron chi connectivity index (χ3n) is 5.31. The maximum atomic E-state index is 12.3. The molecule has 10 nitrogen and oxygen atoms in total. The fourth-order valence-corrected chi connectivity index (χ4v) is 5.12. The summed E-state index contributed by atoms with van der Waals surface area (Å²) in [5, 5.41) is 22.5. The molecule has 0 aliphatic heterocycles. The molecule has 1 aromatic heterocycles. The molecule has 0 saturated heterocycles. The summed E-state index contributed by atoms with van der Waals surface area (Å²) < 4.78 is 34.0. The van der Waals surface area contributed by atoms with Crippen molar-refractivity contribution in [3.05, 3.63) is 53.1 Å². The number of ether oxygens (including phenoxy) is 1. The molecule has 1 heterocycles. The van der Waals surface area contributed by atoms with Crippen molar-refractivity contribution in [2.45, 2.75) is 38.8 Å².